The molecule has 2 aliphatic heterocycles. The number of carbonyl (C=O) groups excluding carboxylic acids is 1. The lowest BCUT2D eigenvalue weighted by molar-refractivity contribution is 0.202. The topological polar surface area (TPSA) is 94.5 Å². The Balaban J connectivity index is 1.30. The number of fused-ring (bicyclic) bond motifs is 1. The van der Waals surface area contributed by atoms with E-state index < -0.39 is 0 Å². The standard InChI is InChI=1S/C27H32N8O/c1-18(2)23-17-33(16-19-7-10-28-11-8-19)27(36)35(23)24-9-14-34-26(32-24)22(15-31-34)20-3-5-21(6-4-20)25-29-12-13-30-25/h3-6,9,12-15,18-19,23,28H,7-8,10-11,16-17H2,1-2H3,(H,29,30). The van der Waals surface area contributed by atoms with Crippen molar-refractivity contribution in [3.8, 4) is 22.5 Å². The number of urea groups is 1. The van der Waals surface area contributed by atoms with Crippen LogP contribution in [-0.4, -0.2) is 67.7 Å². The highest BCUT2D eigenvalue weighted by Gasteiger charge is 2.41. The number of aromatic amines is 1. The van der Waals surface area contributed by atoms with Crippen molar-refractivity contribution in [2.24, 2.45) is 11.8 Å². The van der Waals surface area contributed by atoms with Crippen LogP contribution in [0.25, 0.3) is 28.2 Å². The first kappa shape index (κ1) is 22.7. The van der Waals surface area contributed by atoms with Crippen LogP contribution in [0.15, 0.2) is 55.1 Å². The van der Waals surface area contributed by atoms with E-state index in [-0.39, 0.29) is 12.1 Å². The van der Waals surface area contributed by atoms with E-state index in [0.29, 0.717) is 17.7 Å². The molecule has 9 heteroatoms. The van der Waals surface area contributed by atoms with E-state index in [9.17, 15) is 4.79 Å². The lowest BCUT2D eigenvalue weighted by Gasteiger charge is -2.27. The fourth-order valence-corrected chi connectivity index (χ4v) is 5.41. The number of benzene rings is 1. The van der Waals surface area contributed by atoms with Gasteiger partial charge in [-0.1, -0.05) is 38.1 Å². The van der Waals surface area contributed by atoms with Crippen LogP contribution in [0, 0.1) is 11.8 Å². The number of anilines is 1. The van der Waals surface area contributed by atoms with Crippen LogP contribution in [0.5, 0.6) is 0 Å². The molecule has 2 aliphatic rings. The van der Waals surface area contributed by atoms with E-state index in [0.717, 1.165) is 67.2 Å². The Labute approximate surface area is 210 Å². The molecule has 0 saturated carbocycles. The third-order valence-electron chi connectivity index (χ3n) is 7.49. The molecule has 36 heavy (non-hydrogen) atoms. The molecule has 2 N–H and O–H groups in total. The van der Waals surface area contributed by atoms with E-state index in [2.05, 4.69) is 46.4 Å². The first-order valence-corrected chi connectivity index (χ1v) is 12.8. The summed E-state index contributed by atoms with van der Waals surface area (Å²) >= 11 is 0. The Hall–Kier alpha value is -3.72. The number of hydrogen-bond donors (Lipinski definition) is 2. The van der Waals surface area contributed by atoms with Gasteiger partial charge in [0.25, 0.3) is 0 Å². The van der Waals surface area contributed by atoms with Crippen molar-refractivity contribution in [2.45, 2.75) is 32.7 Å². The maximum Gasteiger partial charge on any atom is 0.326 e. The highest BCUT2D eigenvalue weighted by Crippen LogP contribution is 2.31. The molecular formula is C27H32N8O. The maximum absolute atomic E-state index is 13.6. The van der Waals surface area contributed by atoms with Gasteiger partial charge in [0.05, 0.1) is 12.2 Å². The van der Waals surface area contributed by atoms with E-state index in [4.69, 9.17) is 4.98 Å². The van der Waals surface area contributed by atoms with Crippen molar-refractivity contribution in [1.82, 2.24) is 34.8 Å². The molecule has 0 aliphatic carbocycles. The van der Waals surface area contributed by atoms with Crippen LogP contribution < -0.4 is 10.2 Å². The molecule has 1 atom stereocenters. The lowest BCUT2D eigenvalue weighted by Crippen LogP contribution is -2.40. The molecule has 0 spiro atoms. The van der Waals surface area contributed by atoms with Gasteiger partial charge in [0.1, 0.15) is 11.6 Å². The Morgan fingerprint density at radius 2 is 1.86 bits per heavy atom. The fraction of sp³-hybridized carbons (Fsp3) is 0.407. The van der Waals surface area contributed by atoms with Gasteiger partial charge >= 0.3 is 6.03 Å². The van der Waals surface area contributed by atoms with E-state index in [1.165, 1.54) is 0 Å². The number of aromatic nitrogens is 5. The predicted molar refractivity (Wildman–Crippen MR) is 140 cm³/mol. The molecule has 4 aromatic rings. The quantitative estimate of drug-likeness (QED) is 0.431. The summed E-state index contributed by atoms with van der Waals surface area (Å²) in [5, 5.41) is 7.94. The summed E-state index contributed by atoms with van der Waals surface area (Å²) in [5.74, 6) is 2.41. The van der Waals surface area contributed by atoms with Gasteiger partial charge in [0, 0.05) is 42.8 Å². The highest BCUT2D eigenvalue weighted by atomic mass is 16.2. The molecular weight excluding hydrogens is 452 g/mol. The van der Waals surface area contributed by atoms with Gasteiger partial charge in [-0.2, -0.15) is 5.10 Å². The molecule has 1 aromatic carbocycles. The SMILES string of the molecule is CC(C)C1CN(CC2CCNCC2)C(=O)N1c1ccn2ncc(-c3ccc(-c4ncc[nH]4)cc3)c2n1. The zero-order valence-corrected chi connectivity index (χ0v) is 20.8. The fourth-order valence-electron chi connectivity index (χ4n) is 5.41. The molecule has 5 heterocycles. The summed E-state index contributed by atoms with van der Waals surface area (Å²) in [5.41, 5.74) is 3.71. The number of piperidine rings is 1. The van der Waals surface area contributed by atoms with Crippen LogP contribution in [0.4, 0.5) is 10.6 Å². The van der Waals surface area contributed by atoms with E-state index in [1.807, 2.05) is 46.6 Å². The molecule has 2 saturated heterocycles. The minimum Gasteiger partial charge on any atom is -0.345 e. The summed E-state index contributed by atoms with van der Waals surface area (Å²) in [4.78, 5) is 30.0. The third-order valence-corrected chi connectivity index (χ3v) is 7.49. The van der Waals surface area contributed by atoms with Gasteiger partial charge in [0.2, 0.25) is 0 Å². The molecule has 1 unspecified atom stereocenters. The molecule has 0 bridgehead atoms. The third kappa shape index (κ3) is 4.13. The molecule has 6 rings (SSSR count). The average Bonchev–Trinajstić information content (AvgIpc) is 3.64. The highest BCUT2D eigenvalue weighted by molar-refractivity contribution is 5.94. The molecule has 3 aromatic heterocycles. The molecule has 186 valence electrons. The predicted octanol–water partition coefficient (Wildman–Crippen LogP) is 4.05. The Morgan fingerprint density at radius 3 is 2.58 bits per heavy atom. The number of amides is 2. The van der Waals surface area contributed by atoms with Crippen molar-refractivity contribution in [1.29, 1.82) is 0 Å². The van der Waals surface area contributed by atoms with Crippen molar-refractivity contribution in [2.75, 3.05) is 31.1 Å². The molecule has 9 nitrogen and oxygen atoms in total. The zero-order valence-electron chi connectivity index (χ0n) is 20.8. The maximum atomic E-state index is 13.6. The monoisotopic (exact) mass is 484 g/mol. The van der Waals surface area contributed by atoms with Crippen molar-refractivity contribution < 1.29 is 4.79 Å². The Bertz CT molecular complexity index is 1340. The van der Waals surface area contributed by atoms with E-state index >= 15 is 0 Å². The van der Waals surface area contributed by atoms with Crippen LogP contribution in [0.3, 0.4) is 0 Å². The number of hydrogen-bond acceptors (Lipinski definition) is 5. The summed E-state index contributed by atoms with van der Waals surface area (Å²) < 4.78 is 1.77. The Kier molecular flexibility index (Phi) is 5.92. The van der Waals surface area contributed by atoms with Gasteiger partial charge in [-0.3, -0.25) is 4.90 Å². The van der Waals surface area contributed by atoms with Crippen LogP contribution in [-0.2, 0) is 0 Å². The summed E-state index contributed by atoms with van der Waals surface area (Å²) in [6.45, 7) is 8.00. The molecule has 2 fully saturated rings. The van der Waals surface area contributed by atoms with Gasteiger partial charge in [-0.15, -0.1) is 0 Å². The minimum atomic E-state index is 0.0629. The van der Waals surface area contributed by atoms with Gasteiger partial charge in [-0.05, 0) is 49.4 Å². The summed E-state index contributed by atoms with van der Waals surface area (Å²) in [6.07, 6.45) is 9.55. The van der Waals surface area contributed by atoms with Gasteiger partial charge in [-0.25, -0.2) is 19.3 Å². The first-order chi connectivity index (χ1) is 17.6. The van der Waals surface area contributed by atoms with Crippen molar-refractivity contribution in [3.05, 3.63) is 55.1 Å². The normalized spacial score (nSPS) is 19.2. The summed E-state index contributed by atoms with van der Waals surface area (Å²) in [6, 6.07) is 10.3. The van der Waals surface area contributed by atoms with Crippen LogP contribution in [0.2, 0.25) is 0 Å². The van der Waals surface area contributed by atoms with E-state index in [1.54, 1.807) is 10.7 Å². The Morgan fingerprint density at radius 1 is 1.08 bits per heavy atom. The minimum absolute atomic E-state index is 0.0629. The van der Waals surface area contributed by atoms with Gasteiger partial charge in [0.15, 0.2) is 5.65 Å². The largest absolute Gasteiger partial charge is 0.345 e. The molecule has 0 radical (unpaired) electrons. The van der Waals surface area contributed by atoms with Gasteiger partial charge < -0.3 is 15.2 Å². The second kappa shape index (κ2) is 9.39. The summed E-state index contributed by atoms with van der Waals surface area (Å²) in [7, 11) is 0. The smallest absolute Gasteiger partial charge is 0.326 e. The number of imidazole rings is 1. The number of carbonyl (C=O) groups is 1. The number of H-pyrrole nitrogens is 1. The average molecular weight is 485 g/mol. The number of nitrogens with zero attached hydrogens (tertiary/aromatic N) is 6. The van der Waals surface area contributed by atoms with Crippen molar-refractivity contribution >= 4 is 17.5 Å². The number of rotatable bonds is 6. The van der Waals surface area contributed by atoms with Crippen LogP contribution in [0.1, 0.15) is 26.7 Å². The number of nitrogens with one attached hydrogen (secondary N) is 2. The lowest BCUT2D eigenvalue weighted by atomic mass is 9.97. The second-order valence-corrected chi connectivity index (χ2v) is 10.2. The van der Waals surface area contributed by atoms with Crippen LogP contribution >= 0.6 is 0 Å². The zero-order chi connectivity index (χ0) is 24.6. The molecule has 2 amide bonds. The first-order valence-electron chi connectivity index (χ1n) is 12.8. The second-order valence-electron chi connectivity index (χ2n) is 10.2. The van der Waals surface area contributed by atoms with Crippen molar-refractivity contribution in [3.63, 3.8) is 0 Å².